The van der Waals surface area contributed by atoms with E-state index >= 15 is 0 Å². The van der Waals surface area contributed by atoms with Gasteiger partial charge in [0.05, 0.1) is 10.8 Å². The van der Waals surface area contributed by atoms with Crippen molar-refractivity contribution in [2.45, 2.75) is 50.4 Å². The maximum Gasteiger partial charge on any atom is 0.269 e. The van der Waals surface area contributed by atoms with Gasteiger partial charge in [0.25, 0.3) is 5.69 Å². The fraction of sp³-hybridized carbons (Fsp3) is 0.367. The van der Waals surface area contributed by atoms with E-state index < -0.39 is 4.92 Å². The highest BCUT2D eigenvalue weighted by atomic mass is 16.6. The fourth-order valence-corrected chi connectivity index (χ4v) is 6.07. The van der Waals surface area contributed by atoms with Gasteiger partial charge in [-0.25, -0.2) is 0 Å². The third-order valence-electron chi connectivity index (χ3n) is 7.73. The standard InChI is InChI=1S/C30H32N2O3/c1-31(2)18-6-9-20-8-5-11-26-25(20)16-17-27-24-10-4-3-7-22(24)19-28(29(26)27)30(33)21-12-14-23(15-13-21)32(34)35/h3-4,7,10,12-17,20,28H,5-6,8-9,11,18-19H2,1-2H3. The highest BCUT2D eigenvalue weighted by Gasteiger charge is 2.35. The zero-order valence-electron chi connectivity index (χ0n) is 20.5. The predicted molar refractivity (Wildman–Crippen MR) is 139 cm³/mol. The van der Waals surface area contributed by atoms with Crippen LogP contribution in [0.1, 0.15) is 70.1 Å². The first kappa shape index (κ1) is 23.4. The maximum absolute atomic E-state index is 13.9. The second-order valence-corrected chi connectivity index (χ2v) is 10.2. The minimum Gasteiger partial charge on any atom is -0.309 e. The average Bonchev–Trinajstić information content (AvgIpc) is 2.87. The highest BCUT2D eigenvalue weighted by Crippen LogP contribution is 2.47. The Kier molecular flexibility index (Phi) is 6.52. The van der Waals surface area contributed by atoms with E-state index in [9.17, 15) is 14.9 Å². The number of fused-ring (bicyclic) bond motifs is 5. The van der Waals surface area contributed by atoms with Crippen LogP contribution in [0.5, 0.6) is 0 Å². The van der Waals surface area contributed by atoms with Gasteiger partial charge in [0.1, 0.15) is 0 Å². The monoisotopic (exact) mass is 468 g/mol. The summed E-state index contributed by atoms with van der Waals surface area (Å²) in [5, 5.41) is 11.1. The summed E-state index contributed by atoms with van der Waals surface area (Å²) < 4.78 is 0. The van der Waals surface area contributed by atoms with Crippen LogP contribution in [-0.4, -0.2) is 36.2 Å². The zero-order valence-corrected chi connectivity index (χ0v) is 20.5. The van der Waals surface area contributed by atoms with Gasteiger partial charge in [-0.3, -0.25) is 14.9 Å². The van der Waals surface area contributed by atoms with Crippen LogP contribution in [-0.2, 0) is 12.8 Å². The van der Waals surface area contributed by atoms with Crippen LogP contribution in [0.3, 0.4) is 0 Å². The molecule has 5 rings (SSSR count). The third kappa shape index (κ3) is 4.53. The lowest BCUT2D eigenvalue weighted by Crippen LogP contribution is -2.24. The summed E-state index contributed by atoms with van der Waals surface area (Å²) in [7, 11) is 4.24. The second-order valence-electron chi connectivity index (χ2n) is 10.2. The quantitative estimate of drug-likeness (QED) is 0.224. The van der Waals surface area contributed by atoms with E-state index in [1.807, 2.05) is 6.07 Å². The molecule has 0 saturated carbocycles. The lowest BCUT2D eigenvalue weighted by molar-refractivity contribution is -0.384. The Morgan fingerprint density at radius 1 is 1.03 bits per heavy atom. The molecule has 5 nitrogen and oxygen atoms in total. The largest absolute Gasteiger partial charge is 0.309 e. The van der Waals surface area contributed by atoms with Crippen LogP contribution < -0.4 is 0 Å². The Morgan fingerprint density at radius 2 is 1.80 bits per heavy atom. The van der Waals surface area contributed by atoms with Gasteiger partial charge in [-0.05, 0) is 111 Å². The average molecular weight is 469 g/mol. The molecule has 35 heavy (non-hydrogen) atoms. The molecular weight excluding hydrogens is 436 g/mol. The number of nitrogens with zero attached hydrogens (tertiary/aromatic N) is 2. The van der Waals surface area contributed by atoms with Gasteiger partial charge < -0.3 is 4.90 Å². The summed E-state index contributed by atoms with van der Waals surface area (Å²) in [6, 6.07) is 19.1. The molecule has 3 aromatic rings. The van der Waals surface area contributed by atoms with Crippen molar-refractivity contribution in [3.63, 3.8) is 0 Å². The van der Waals surface area contributed by atoms with Crippen LogP contribution in [0, 0.1) is 10.1 Å². The molecule has 0 bridgehead atoms. The van der Waals surface area contributed by atoms with Gasteiger partial charge >= 0.3 is 0 Å². The Hall–Kier alpha value is -3.31. The topological polar surface area (TPSA) is 63.5 Å². The van der Waals surface area contributed by atoms with Gasteiger partial charge in [0, 0.05) is 17.7 Å². The minimum atomic E-state index is -0.423. The summed E-state index contributed by atoms with van der Waals surface area (Å²) in [5.74, 6) is 0.326. The summed E-state index contributed by atoms with van der Waals surface area (Å²) in [6.07, 6.45) is 6.37. The summed E-state index contributed by atoms with van der Waals surface area (Å²) in [6.45, 7) is 1.09. The number of hydrogen-bond acceptors (Lipinski definition) is 4. The second kappa shape index (κ2) is 9.74. The molecule has 0 N–H and O–H groups in total. The van der Waals surface area contributed by atoms with Crippen molar-refractivity contribution < 1.29 is 9.72 Å². The predicted octanol–water partition coefficient (Wildman–Crippen LogP) is 6.55. The van der Waals surface area contributed by atoms with Crippen LogP contribution in [0.4, 0.5) is 5.69 Å². The number of nitro benzene ring substituents is 1. The van der Waals surface area contributed by atoms with Gasteiger partial charge in [-0.15, -0.1) is 0 Å². The highest BCUT2D eigenvalue weighted by molar-refractivity contribution is 6.03. The fourth-order valence-electron chi connectivity index (χ4n) is 6.07. The van der Waals surface area contributed by atoms with Gasteiger partial charge in [0.15, 0.2) is 5.78 Å². The van der Waals surface area contributed by atoms with Gasteiger partial charge in [0.2, 0.25) is 0 Å². The molecule has 0 amide bonds. The Labute approximate surface area is 206 Å². The van der Waals surface area contributed by atoms with Crippen molar-refractivity contribution in [2.24, 2.45) is 0 Å². The summed E-state index contributed by atoms with van der Waals surface area (Å²) in [5.41, 5.74) is 8.15. The van der Waals surface area contributed by atoms with Crippen molar-refractivity contribution in [1.29, 1.82) is 0 Å². The molecule has 0 radical (unpaired) electrons. The molecule has 0 spiro atoms. The minimum absolute atomic E-state index is 0.00823. The number of non-ortho nitro benzene ring substituents is 1. The molecule has 2 aliphatic carbocycles. The Bertz CT molecular complexity index is 1260. The van der Waals surface area contributed by atoms with Gasteiger partial charge in [-0.2, -0.15) is 0 Å². The smallest absolute Gasteiger partial charge is 0.269 e. The molecule has 0 aromatic heterocycles. The molecule has 5 heteroatoms. The van der Waals surface area contributed by atoms with E-state index in [2.05, 4.69) is 49.3 Å². The van der Waals surface area contributed by atoms with E-state index in [0.29, 0.717) is 17.9 Å². The maximum atomic E-state index is 13.9. The number of Topliss-reactive ketones (excluding diaryl/α,β-unsaturated/α-hetero) is 1. The summed E-state index contributed by atoms with van der Waals surface area (Å²) in [4.78, 5) is 26.8. The number of ketones is 1. The number of carbonyl (C=O) groups is 1. The van der Waals surface area contributed by atoms with Crippen LogP contribution in [0.15, 0.2) is 60.7 Å². The Balaban J connectivity index is 1.57. The number of nitro groups is 1. The van der Waals surface area contributed by atoms with Crippen LogP contribution in [0.2, 0.25) is 0 Å². The molecule has 0 heterocycles. The first-order valence-electron chi connectivity index (χ1n) is 12.6. The molecular formula is C30H32N2O3. The molecule has 2 atom stereocenters. The summed E-state index contributed by atoms with van der Waals surface area (Å²) >= 11 is 0. The number of hydrogen-bond donors (Lipinski definition) is 0. The van der Waals surface area contributed by atoms with E-state index in [-0.39, 0.29) is 17.4 Å². The molecule has 180 valence electrons. The zero-order chi connectivity index (χ0) is 24.5. The lowest BCUT2D eigenvalue weighted by atomic mass is 9.69. The molecule has 0 aliphatic heterocycles. The van der Waals surface area contributed by atoms with Crippen molar-refractivity contribution in [1.82, 2.24) is 4.90 Å². The van der Waals surface area contributed by atoms with Crippen molar-refractivity contribution in [3.05, 3.63) is 98.6 Å². The number of rotatable bonds is 7. The van der Waals surface area contributed by atoms with E-state index in [1.54, 1.807) is 12.1 Å². The number of carbonyl (C=O) groups excluding carboxylic acids is 1. The molecule has 0 fully saturated rings. The van der Waals surface area contributed by atoms with Crippen LogP contribution >= 0.6 is 0 Å². The van der Waals surface area contributed by atoms with E-state index in [4.69, 9.17) is 0 Å². The number of benzene rings is 3. The van der Waals surface area contributed by atoms with E-state index in [0.717, 1.165) is 19.4 Å². The third-order valence-corrected chi connectivity index (χ3v) is 7.73. The van der Waals surface area contributed by atoms with Crippen molar-refractivity contribution in [3.8, 4) is 11.1 Å². The SMILES string of the molecule is CN(C)CCCC1CCCc2c1ccc1c2C(C(=O)c2ccc([N+](=O)[O-])cc2)Cc2ccccc2-1. The van der Waals surface area contributed by atoms with Crippen LogP contribution in [0.25, 0.3) is 11.1 Å². The molecule has 3 aromatic carbocycles. The molecule has 2 unspecified atom stereocenters. The van der Waals surface area contributed by atoms with E-state index in [1.165, 1.54) is 64.8 Å². The van der Waals surface area contributed by atoms with Crippen molar-refractivity contribution >= 4 is 11.5 Å². The first-order valence-corrected chi connectivity index (χ1v) is 12.6. The lowest BCUT2D eigenvalue weighted by Gasteiger charge is -2.34. The molecule has 2 aliphatic rings. The Morgan fingerprint density at radius 3 is 2.54 bits per heavy atom. The normalized spacial score (nSPS) is 18.5. The van der Waals surface area contributed by atoms with Gasteiger partial charge in [-0.1, -0.05) is 36.4 Å². The molecule has 0 saturated heterocycles. The first-order chi connectivity index (χ1) is 16.9. The van der Waals surface area contributed by atoms with Crippen molar-refractivity contribution in [2.75, 3.05) is 20.6 Å².